The molecule has 5 heteroatoms. The zero-order valence-electron chi connectivity index (χ0n) is 10.6. The topological polar surface area (TPSA) is 81.1 Å². The van der Waals surface area contributed by atoms with E-state index >= 15 is 0 Å². The zero-order valence-corrected chi connectivity index (χ0v) is 10.6. The molecule has 1 aromatic carbocycles. The molecule has 96 valence electrons. The first-order valence-corrected chi connectivity index (χ1v) is 5.82. The standard InChI is InChI=1S/C13H17N3O2/c1-13(8-14,12(17)18)7-10-9-5-3-4-6-11(9)16(2)15-10/h3-6H,7-8,14H2,1-2H3,(H,17,18). The van der Waals surface area contributed by atoms with Crippen LogP contribution < -0.4 is 5.73 Å². The Labute approximate surface area is 105 Å². The van der Waals surface area contributed by atoms with Gasteiger partial charge in [-0.25, -0.2) is 0 Å². The highest BCUT2D eigenvalue weighted by Crippen LogP contribution is 2.26. The summed E-state index contributed by atoms with van der Waals surface area (Å²) in [5.74, 6) is -0.889. The molecule has 1 unspecified atom stereocenters. The monoisotopic (exact) mass is 247 g/mol. The van der Waals surface area contributed by atoms with Gasteiger partial charge in [-0.15, -0.1) is 0 Å². The van der Waals surface area contributed by atoms with Gasteiger partial charge in [-0.1, -0.05) is 18.2 Å². The number of nitrogens with zero attached hydrogens (tertiary/aromatic N) is 2. The number of aromatic nitrogens is 2. The second-order valence-electron chi connectivity index (χ2n) is 4.83. The lowest BCUT2D eigenvalue weighted by Crippen LogP contribution is -2.37. The molecule has 0 amide bonds. The van der Waals surface area contributed by atoms with Crippen molar-refractivity contribution in [2.45, 2.75) is 13.3 Å². The van der Waals surface area contributed by atoms with Crippen LogP contribution in [0, 0.1) is 5.41 Å². The number of carboxylic acid groups (broad SMARTS) is 1. The molecule has 2 rings (SSSR count). The molecule has 0 saturated carbocycles. The molecule has 0 bridgehead atoms. The minimum absolute atomic E-state index is 0.0905. The van der Waals surface area contributed by atoms with Gasteiger partial charge in [0.2, 0.25) is 0 Å². The smallest absolute Gasteiger partial charge is 0.311 e. The number of para-hydroxylation sites is 1. The molecule has 0 saturated heterocycles. The van der Waals surface area contributed by atoms with Crippen LogP contribution in [0.3, 0.4) is 0 Å². The van der Waals surface area contributed by atoms with Gasteiger partial charge < -0.3 is 10.8 Å². The maximum absolute atomic E-state index is 11.3. The Kier molecular flexibility index (Phi) is 3.09. The fourth-order valence-electron chi connectivity index (χ4n) is 2.02. The molecule has 5 nitrogen and oxygen atoms in total. The SMILES string of the molecule is Cn1nc(CC(C)(CN)C(=O)O)c2ccccc21. The summed E-state index contributed by atoms with van der Waals surface area (Å²) in [6.45, 7) is 1.74. The van der Waals surface area contributed by atoms with Gasteiger partial charge in [-0.3, -0.25) is 9.48 Å². The van der Waals surface area contributed by atoms with E-state index in [1.54, 1.807) is 11.6 Å². The van der Waals surface area contributed by atoms with E-state index in [2.05, 4.69) is 5.10 Å². The lowest BCUT2D eigenvalue weighted by Gasteiger charge is -2.21. The zero-order chi connectivity index (χ0) is 13.3. The van der Waals surface area contributed by atoms with Gasteiger partial charge in [0.1, 0.15) is 0 Å². The average Bonchev–Trinajstić information content (AvgIpc) is 2.66. The molecule has 0 fully saturated rings. The van der Waals surface area contributed by atoms with Gasteiger partial charge in [0, 0.05) is 25.4 Å². The van der Waals surface area contributed by atoms with Crippen molar-refractivity contribution >= 4 is 16.9 Å². The second kappa shape index (κ2) is 4.42. The number of fused-ring (bicyclic) bond motifs is 1. The maximum Gasteiger partial charge on any atom is 0.311 e. The number of benzene rings is 1. The van der Waals surface area contributed by atoms with Crippen molar-refractivity contribution in [2.75, 3.05) is 6.54 Å². The van der Waals surface area contributed by atoms with Crippen LogP contribution in [0.5, 0.6) is 0 Å². The summed E-state index contributed by atoms with van der Waals surface area (Å²) in [5.41, 5.74) is 6.39. The average molecular weight is 247 g/mol. The molecule has 0 radical (unpaired) electrons. The molecule has 0 aliphatic rings. The number of hydrogen-bond acceptors (Lipinski definition) is 3. The van der Waals surface area contributed by atoms with Crippen LogP contribution in [-0.2, 0) is 18.3 Å². The number of hydrogen-bond donors (Lipinski definition) is 2. The molecule has 18 heavy (non-hydrogen) atoms. The van der Waals surface area contributed by atoms with Crippen LogP contribution in [0.2, 0.25) is 0 Å². The van der Waals surface area contributed by atoms with Gasteiger partial charge in [0.05, 0.1) is 16.6 Å². The van der Waals surface area contributed by atoms with Crippen molar-refractivity contribution in [2.24, 2.45) is 18.2 Å². The predicted octanol–water partition coefficient (Wildman–Crippen LogP) is 1.17. The van der Waals surface area contributed by atoms with Gasteiger partial charge >= 0.3 is 5.97 Å². The Morgan fingerprint density at radius 2 is 2.17 bits per heavy atom. The molecule has 0 aliphatic carbocycles. The molecule has 1 heterocycles. The molecular weight excluding hydrogens is 230 g/mol. The van der Waals surface area contributed by atoms with Crippen LogP contribution in [0.1, 0.15) is 12.6 Å². The Morgan fingerprint density at radius 1 is 1.50 bits per heavy atom. The minimum Gasteiger partial charge on any atom is -0.481 e. The highest BCUT2D eigenvalue weighted by molar-refractivity contribution is 5.83. The molecular formula is C13H17N3O2. The largest absolute Gasteiger partial charge is 0.481 e. The molecule has 2 aromatic rings. The third kappa shape index (κ3) is 1.97. The maximum atomic E-state index is 11.3. The lowest BCUT2D eigenvalue weighted by atomic mass is 9.85. The predicted molar refractivity (Wildman–Crippen MR) is 69.2 cm³/mol. The van der Waals surface area contributed by atoms with Crippen molar-refractivity contribution < 1.29 is 9.90 Å². The molecule has 1 atom stereocenters. The first-order valence-electron chi connectivity index (χ1n) is 5.82. The van der Waals surface area contributed by atoms with Gasteiger partial charge in [0.25, 0.3) is 0 Å². The van der Waals surface area contributed by atoms with Crippen LogP contribution in [0.25, 0.3) is 10.9 Å². The van der Waals surface area contributed by atoms with E-state index in [1.807, 2.05) is 31.3 Å². The van der Waals surface area contributed by atoms with Crippen molar-refractivity contribution in [3.05, 3.63) is 30.0 Å². The molecule has 3 N–H and O–H groups in total. The Bertz CT molecular complexity index is 591. The molecule has 0 aliphatic heterocycles. The Morgan fingerprint density at radius 3 is 2.78 bits per heavy atom. The summed E-state index contributed by atoms with van der Waals surface area (Å²) in [5, 5.41) is 14.6. The number of nitrogens with two attached hydrogens (primary N) is 1. The van der Waals surface area contributed by atoms with E-state index in [0.29, 0.717) is 6.42 Å². The summed E-state index contributed by atoms with van der Waals surface area (Å²) in [7, 11) is 1.85. The highest BCUT2D eigenvalue weighted by atomic mass is 16.4. The van der Waals surface area contributed by atoms with E-state index in [-0.39, 0.29) is 6.54 Å². The number of aliphatic carboxylic acids is 1. The van der Waals surface area contributed by atoms with Crippen LogP contribution in [-0.4, -0.2) is 27.4 Å². The normalized spacial score (nSPS) is 14.6. The first kappa shape index (κ1) is 12.6. The number of carbonyl (C=O) groups is 1. The lowest BCUT2D eigenvalue weighted by molar-refractivity contribution is -0.147. The van der Waals surface area contributed by atoms with Crippen molar-refractivity contribution in [3.8, 4) is 0 Å². The van der Waals surface area contributed by atoms with Crippen LogP contribution >= 0.6 is 0 Å². The third-order valence-electron chi connectivity index (χ3n) is 3.36. The fourth-order valence-corrected chi connectivity index (χ4v) is 2.02. The summed E-state index contributed by atoms with van der Waals surface area (Å²) in [6, 6.07) is 7.78. The van der Waals surface area contributed by atoms with Crippen molar-refractivity contribution in [1.29, 1.82) is 0 Å². The van der Waals surface area contributed by atoms with Crippen molar-refractivity contribution in [1.82, 2.24) is 9.78 Å². The summed E-state index contributed by atoms with van der Waals surface area (Å²) in [6.07, 6.45) is 0.334. The number of aryl methyl sites for hydroxylation is 1. The Hall–Kier alpha value is -1.88. The second-order valence-corrected chi connectivity index (χ2v) is 4.83. The highest BCUT2D eigenvalue weighted by Gasteiger charge is 2.33. The first-order chi connectivity index (χ1) is 8.48. The summed E-state index contributed by atoms with van der Waals surface area (Å²) < 4.78 is 1.77. The third-order valence-corrected chi connectivity index (χ3v) is 3.36. The van der Waals surface area contributed by atoms with Crippen LogP contribution in [0.4, 0.5) is 0 Å². The van der Waals surface area contributed by atoms with Gasteiger partial charge in [-0.05, 0) is 13.0 Å². The number of carboxylic acids is 1. The number of rotatable bonds is 4. The minimum atomic E-state index is -0.975. The van der Waals surface area contributed by atoms with Gasteiger partial charge in [0.15, 0.2) is 0 Å². The van der Waals surface area contributed by atoms with E-state index in [1.165, 1.54) is 0 Å². The van der Waals surface area contributed by atoms with E-state index in [4.69, 9.17) is 5.73 Å². The summed E-state index contributed by atoms with van der Waals surface area (Å²) in [4.78, 5) is 11.3. The quantitative estimate of drug-likeness (QED) is 0.849. The molecule has 0 spiro atoms. The van der Waals surface area contributed by atoms with Crippen molar-refractivity contribution in [3.63, 3.8) is 0 Å². The fraction of sp³-hybridized carbons (Fsp3) is 0.385. The molecule has 1 aromatic heterocycles. The van der Waals surface area contributed by atoms with Gasteiger partial charge in [-0.2, -0.15) is 5.10 Å². The van der Waals surface area contributed by atoms with E-state index in [9.17, 15) is 9.90 Å². The van der Waals surface area contributed by atoms with E-state index < -0.39 is 11.4 Å². The summed E-state index contributed by atoms with van der Waals surface area (Å²) >= 11 is 0. The van der Waals surface area contributed by atoms with E-state index in [0.717, 1.165) is 16.6 Å². The Balaban J connectivity index is 2.47. The van der Waals surface area contributed by atoms with Crippen LogP contribution in [0.15, 0.2) is 24.3 Å².